The van der Waals surface area contributed by atoms with Crippen molar-refractivity contribution in [3.05, 3.63) is 35.7 Å². The molecule has 0 aliphatic heterocycles. The number of ether oxygens (including phenoxy) is 1. The lowest BCUT2D eigenvalue weighted by atomic mass is 10.3. The van der Waals surface area contributed by atoms with Crippen LogP contribution in [0, 0.1) is 0 Å². The highest BCUT2D eigenvalue weighted by Crippen LogP contribution is 2.02. The van der Waals surface area contributed by atoms with Crippen LogP contribution in [0.25, 0.3) is 0 Å². The summed E-state index contributed by atoms with van der Waals surface area (Å²) in [6.07, 6.45) is 5.57. The third-order valence-electron chi connectivity index (χ3n) is 3.79. The van der Waals surface area contributed by atoms with E-state index in [0.29, 0.717) is 62.7 Å². The molecule has 0 aliphatic carbocycles. The summed E-state index contributed by atoms with van der Waals surface area (Å²) in [5, 5.41) is 24.7. The fourth-order valence-electron chi connectivity index (χ4n) is 2.50. The van der Waals surface area contributed by atoms with Gasteiger partial charge >= 0.3 is 10.4 Å². The molecule has 15 nitrogen and oxygen atoms in total. The van der Waals surface area contributed by atoms with Crippen LogP contribution >= 0.6 is 0 Å². The van der Waals surface area contributed by atoms with Crippen molar-refractivity contribution in [1.29, 1.82) is 0 Å². The Hall–Kier alpha value is -2.31. The van der Waals surface area contributed by atoms with Crippen LogP contribution in [-0.2, 0) is 19.3 Å². The number of aliphatic hydroxyl groups is 2. The van der Waals surface area contributed by atoms with Crippen LogP contribution in [0.4, 0.5) is 0 Å². The van der Waals surface area contributed by atoms with Gasteiger partial charge in [-0.2, -0.15) is 8.42 Å². The average molecular weight is 513 g/mol. The molecule has 0 saturated carbocycles. The van der Waals surface area contributed by atoms with Crippen molar-refractivity contribution in [3.63, 3.8) is 0 Å². The minimum atomic E-state index is -4.43. The number of rotatable bonds is 21. The van der Waals surface area contributed by atoms with E-state index in [4.69, 9.17) is 42.5 Å². The van der Waals surface area contributed by atoms with Crippen LogP contribution in [0.3, 0.4) is 0 Å². The Bertz CT molecular complexity index is 708. The number of hydrogen-bond donors (Lipinski definition) is 9. The van der Waals surface area contributed by atoms with Gasteiger partial charge in [0, 0.05) is 75.0 Å². The summed E-state index contributed by atoms with van der Waals surface area (Å²) >= 11 is 0. The molecule has 16 heteroatoms. The third-order valence-corrected chi connectivity index (χ3v) is 4.26. The van der Waals surface area contributed by atoms with Crippen LogP contribution in [-0.4, -0.2) is 99.0 Å². The second-order valence-electron chi connectivity index (χ2n) is 7.15. The maximum Gasteiger partial charge on any atom is 0.397 e. The SMILES string of the molecule is N/C(=C\NCCO)CN(C/C(N)=C/NCCO)C/C(N)=C/N(N)COCCCCOS(=O)(=O)O. The summed E-state index contributed by atoms with van der Waals surface area (Å²) in [5.41, 5.74) is 19.6. The Labute approximate surface area is 200 Å². The molecule has 13 N–H and O–H groups in total. The van der Waals surface area contributed by atoms with Gasteiger partial charge in [-0.25, -0.2) is 10.0 Å². The standard InChI is InChI=1S/C18H40N8O7S/c19-16(9-23-3-5-27)11-25(12-17(20)10-24-4-6-28)13-18(21)14-26(22)15-32-7-1-2-8-33-34(29,30)31/h9-10,14,23-24,27-28H,1-8,11-13,15,19-22H2,(H,29,30,31)/b16-9-,17-10-,18-14-. The normalized spacial score (nSPS) is 13.4. The second kappa shape index (κ2) is 19.0. The van der Waals surface area contributed by atoms with Crippen LogP contribution in [0.2, 0.25) is 0 Å². The zero-order valence-corrected chi connectivity index (χ0v) is 20.1. The van der Waals surface area contributed by atoms with Crippen LogP contribution < -0.4 is 33.7 Å². The molecule has 0 fully saturated rings. The summed E-state index contributed by atoms with van der Waals surface area (Å²) in [5.74, 6) is 5.87. The number of nitrogens with one attached hydrogen (secondary N) is 2. The zero-order valence-electron chi connectivity index (χ0n) is 19.3. The summed E-state index contributed by atoms with van der Waals surface area (Å²) in [6, 6.07) is 0. The molecule has 0 unspecified atom stereocenters. The monoisotopic (exact) mass is 512 g/mol. The largest absolute Gasteiger partial charge is 0.400 e. The molecule has 0 heterocycles. The number of aliphatic hydroxyl groups excluding tert-OH is 2. The van der Waals surface area contributed by atoms with E-state index in [1.54, 1.807) is 12.4 Å². The maximum absolute atomic E-state index is 10.4. The maximum atomic E-state index is 10.4. The van der Waals surface area contributed by atoms with Gasteiger partial charge in [0.05, 0.1) is 19.8 Å². The Morgan fingerprint density at radius 2 is 1.38 bits per heavy atom. The Kier molecular flexibility index (Phi) is 17.8. The third kappa shape index (κ3) is 20.3. The molecule has 0 bridgehead atoms. The zero-order chi connectivity index (χ0) is 25.8. The van der Waals surface area contributed by atoms with Crippen LogP contribution in [0.5, 0.6) is 0 Å². The van der Waals surface area contributed by atoms with E-state index < -0.39 is 10.4 Å². The first-order chi connectivity index (χ1) is 16.1. The molecule has 0 saturated heterocycles. The summed E-state index contributed by atoms with van der Waals surface area (Å²) in [7, 11) is -4.43. The molecule has 0 atom stereocenters. The molecule has 0 aliphatic rings. The summed E-state index contributed by atoms with van der Waals surface area (Å²) in [6.45, 7) is 1.82. The molecule has 0 amide bonds. The molecule has 0 spiro atoms. The number of hydrogen-bond acceptors (Lipinski definition) is 14. The van der Waals surface area contributed by atoms with Gasteiger partial charge in [-0.05, 0) is 12.8 Å². The molecule has 34 heavy (non-hydrogen) atoms. The highest BCUT2D eigenvalue weighted by molar-refractivity contribution is 7.80. The van der Waals surface area contributed by atoms with Gasteiger partial charge in [-0.3, -0.25) is 14.5 Å². The van der Waals surface area contributed by atoms with E-state index in [9.17, 15) is 8.42 Å². The Morgan fingerprint density at radius 1 is 0.882 bits per heavy atom. The van der Waals surface area contributed by atoms with Crippen molar-refractivity contribution in [2.75, 3.05) is 65.9 Å². The van der Waals surface area contributed by atoms with Gasteiger partial charge in [-0.1, -0.05) is 0 Å². The predicted molar refractivity (Wildman–Crippen MR) is 127 cm³/mol. The number of nitrogens with two attached hydrogens (primary N) is 4. The number of unbranched alkanes of at least 4 members (excludes halogenated alkanes) is 1. The highest BCUT2D eigenvalue weighted by Gasteiger charge is 2.10. The van der Waals surface area contributed by atoms with Crippen molar-refractivity contribution in [2.45, 2.75) is 12.8 Å². The minimum absolute atomic E-state index is 0.0256. The number of nitrogens with zero attached hydrogens (tertiary/aromatic N) is 2. The molecule has 0 radical (unpaired) electrons. The van der Waals surface area contributed by atoms with E-state index in [2.05, 4.69) is 14.8 Å². The van der Waals surface area contributed by atoms with E-state index in [0.717, 1.165) is 0 Å². The van der Waals surface area contributed by atoms with Gasteiger partial charge in [0.25, 0.3) is 0 Å². The molecule has 200 valence electrons. The first kappa shape index (κ1) is 31.7. The lowest BCUT2D eigenvalue weighted by Gasteiger charge is -2.24. The molecular formula is C18H40N8O7S. The van der Waals surface area contributed by atoms with Gasteiger partial charge in [0.1, 0.15) is 6.73 Å². The van der Waals surface area contributed by atoms with Crippen LogP contribution in [0.1, 0.15) is 12.8 Å². The van der Waals surface area contributed by atoms with E-state index in [1.807, 2.05) is 4.90 Å². The van der Waals surface area contributed by atoms with Crippen molar-refractivity contribution >= 4 is 10.4 Å². The van der Waals surface area contributed by atoms with E-state index in [-0.39, 0.29) is 33.1 Å². The summed E-state index contributed by atoms with van der Waals surface area (Å²) < 4.78 is 38.9. The topological polar surface area (TPSA) is 248 Å². The average Bonchev–Trinajstić information content (AvgIpc) is 2.72. The molecule has 0 aromatic heterocycles. The molecule has 0 aromatic carbocycles. The van der Waals surface area contributed by atoms with E-state index >= 15 is 0 Å². The Morgan fingerprint density at radius 3 is 1.88 bits per heavy atom. The first-order valence-corrected chi connectivity index (χ1v) is 11.9. The van der Waals surface area contributed by atoms with E-state index in [1.165, 1.54) is 11.2 Å². The van der Waals surface area contributed by atoms with Crippen molar-refractivity contribution in [2.24, 2.45) is 23.0 Å². The quantitative estimate of drug-likeness (QED) is 0.0239. The second-order valence-corrected chi connectivity index (χ2v) is 8.24. The lowest BCUT2D eigenvalue weighted by Crippen LogP contribution is -2.37. The fourth-order valence-corrected chi connectivity index (χ4v) is 2.83. The van der Waals surface area contributed by atoms with Gasteiger partial charge in [0.2, 0.25) is 0 Å². The molecule has 0 rings (SSSR count). The van der Waals surface area contributed by atoms with Crippen LogP contribution in [0.15, 0.2) is 35.7 Å². The molecular weight excluding hydrogens is 472 g/mol. The predicted octanol–water partition coefficient (Wildman–Crippen LogP) is -3.40. The summed E-state index contributed by atoms with van der Waals surface area (Å²) in [4.78, 5) is 1.87. The highest BCUT2D eigenvalue weighted by atomic mass is 32.3. The van der Waals surface area contributed by atoms with Gasteiger partial charge < -0.3 is 42.8 Å². The van der Waals surface area contributed by atoms with Crippen molar-refractivity contribution < 1.29 is 32.1 Å². The van der Waals surface area contributed by atoms with Gasteiger partial charge in [-0.15, -0.1) is 0 Å². The lowest BCUT2D eigenvalue weighted by molar-refractivity contribution is 0.0496. The number of hydrazine groups is 1. The fraction of sp³-hybridized carbons (Fsp3) is 0.667. The first-order valence-electron chi connectivity index (χ1n) is 10.5. The smallest absolute Gasteiger partial charge is 0.397 e. The minimum Gasteiger partial charge on any atom is -0.400 e. The van der Waals surface area contributed by atoms with Crippen molar-refractivity contribution in [1.82, 2.24) is 20.5 Å². The van der Waals surface area contributed by atoms with Crippen molar-refractivity contribution in [3.8, 4) is 0 Å². The molecule has 0 aromatic rings. The van der Waals surface area contributed by atoms with Gasteiger partial charge in [0.15, 0.2) is 0 Å². The Balaban J connectivity index is 4.68.